The number of urea groups is 1. The largest absolute Gasteiger partial charge is 0.444 e. The summed E-state index contributed by atoms with van der Waals surface area (Å²) in [6, 6.07) is 7.77. The number of amides is 3. The van der Waals surface area contributed by atoms with E-state index in [0.717, 1.165) is 43.3 Å². The van der Waals surface area contributed by atoms with Crippen LogP contribution >= 0.6 is 0 Å². The van der Waals surface area contributed by atoms with Crippen molar-refractivity contribution in [2.75, 3.05) is 26.2 Å². The van der Waals surface area contributed by atoms with Gasteiger partial charge in [0, 0.05) is 32.2 Å². The second kappa shape index (κ2) is 8.77. The highest BCUT2D eigenvalue weighted by molar-refractivity contribution is 5.75. The van der Waals surface area contributed by atoms with Gasteiger partial charge >= 0.3 is 12.1 Å². The maximum absolute atomic E-state index is 12.9. The molecule has 8 nitrogen and oxygen atoms in total. The van der Waals surface area contributed by atoms with E-state index in [1.54, 1.807) is 4.90 Å². The van der Waals surface area contributed by atoms with Crippen LogP contribution in [0.4, 0.5) is 9.59 Å². The van der Waals surface area contributed by atoms with Crippen molar-refractivity contribution >= 4 is 23.2 Å². The molecule has 31 heavy (non-hydrogen) atoms. The number of rotatable bonds is 2. The van der Waals surface area contributed by atoms with E-state index in [2.05, 4.69) is 10.3 Å². The zero-order chi connectivity index (χ0) is 22.0. The number of fused-ring (bicyclic) bond motifs is 1. The Morgan fingerprint density at radius 2 is 1.84 bits per heavy atom. The number of benzene rings is 1. The monoisotopic (exact) mass is 428 g/mol. The summed E-state index contributed by atoms with van der Waals surface area (Å²) < 4.78 is 11.4. The minimum absolute atomic E-state index is 0.0449. The van der Waals surface area contributed by atoms with Crippen LogP contribution in [-0.4, -0.2) is 64.7 Å². The van der Waals surface area contributed by atoms with Crippen LogP contribution in [0.1, 0.15) is 58.3 Å². The highest BCUT2D eigenvalue weighted by atomic mass is 16.6. The van der Waals surface area contributed by atoms with Crippen molar-refractivity contribution in [1.29, 1.82) is 0 Å². The average Bonchev–Trinajstić information content (AvgIpc) is 3.17. The van der Waals surface area contributed by atoms with Crippen LogP contribution < -0.4 is 5.32 Å². The molecular weight excluding hydrogens is 396 g/mol. The Morgan fingerprint density at radius 3 is 2.55 bits per heavy atom. The minimum atomic E-state index is -0.498. The molecule has 4 rings (SSSR count). The van der Waals surface area contributed by atoms with Crippen LogP contribution in [0.25, 0.3) is 11.1 Å². The van der Waals surface area contributed by atoms with Crippen molar-refractivity contribution in [1.82, 2.24) is 20.1 Å². The van der Waals surface area contributed by atoms with Gasteiger partial charge in [0.15, 0.2) is 11.5 Å². The molecule has 3 amide bonds. The van der Waals surface area contributed by atoms with Crippen molar-refractivity contribution < 1.29 is 18.7 Å². The number of oxazole rings is 1. The Balaban J connectivity index is 1.28. The van der Waals surface area contributed by atoms with Gasteiger partial charge in [0.05, 0.1) is 5.92 Å². The van der Waals surface area contributed by atoms with E-state index in [1.165, 1.54) is 0 Å². The SMILES string of the molecule is CC(C)(C)OC(=O)N1CCC(NC(=O)N2CCCC(c3nc4ccccc4o3)C2)CC1. The van der Waals surface area contributed by atoms with Gasteiger partial charge in [0.2, 0.25) is 0 Å². The average molecular weight is 429 g/mol. The molecule has 1 unspecified atom stereocenters. The fourth-order valence-electron chi connectivity index (χ4n) is 4.23. The Hall–Kier alpha value is -2.77. The van der Waals surface area contributed by atoms with Gasteiger partial charge in [-0.15, -0.1) is 0 Å². The predicted molar refractivity (Wildman–Crippen MR) is 117 cm³/mol. The quantitative estimate of drug-likeness (QED) is 0.777. The van der Waals surface area contributed by atoms with Crippen LogP contribution in [0, 0.1) is 0 Å². The highest BCUT2D eigenvalue weighted by Gasteiger charge is 2.31. The Morgan fingerprint density at radius 1 is 1.10 bits per heavy atom. The van der Waals surface area contributed by atoms with Gasteiger partial charge in [-0.05, 0) is 58.6 Å². The lowest BCUT2D eigenvalue weighted by Crippen LogP contribution is -2.52. The number of aromatic nitrogens is 1. The first kappa shape index (κ1) is 21.5. The van der Waals surface area contributed by atoms with E-state index in [1.807, 2.05) is 49.9 Å². The summed E-state index contributed by atoms with van der Waals surface area (Å²) in [5.41, 5.74) is 1.15. The summed E-state index contributed by atoms with van der Waals surface area (Å²) in [7, 11) is 0. The Kier molecular flexibility index (Phi) is 6.07. The van der Waals surface area contributed by atoms with Crippen LogP contribution in [0.5, 0.6) is 0 Å². The summed E-state index contributed by atoms with van der Waals surface area (Å²) in [4.78, 5) is 33.3. The van der Waals surface area contributed by atoms with Gasteiger partial charge in [0.1, 0.15) is 11.1 Å². The molecule has 1 atom stereocenters. The molecule has 3 heterocycles. The van der Waals surface area contributed by atoms with Gasteiger partial charge in [-0.2, -0.15) is 0 Å². The zero-order valence-electron chi connectivity index (χ0n) is 18.6. The molecule has 2 aliphatic heterocycles. The van der Waals surface area contributed by atoms with Crippen LogP contribution in [0.15, 0.2) is 28.7 Å². The number of carbonyl (C=O) groups excluding carboxylic acids is 2. The van der Waals surface area contributed by atoms with Crippen LogP contribution in [-0.2, 0) is 4.74 Å². The highest BCUT2D eigenvalue weighted by Crippen LogP contribution is 2.29. The number of nitrogens with zero attached hydrogens (tertiary/aromatic N) is 3. The fraction of sp³-hybridized carbons (Fsp3) is 0.609. The number of carbonyl (C=O) groups is 2. The summed E-state index contributed by atoms with van der Waals surface area (Å²) >= 11 is 0. The zero-order valence-corrected chi connectivity index (χ0v) is 18.6. The molecule has 0 aliphatic carbocycles. The van der Waals surface area contributed by atoms with Gasteiger partial charge < -0.3 is 24.3 Å². The predicted octanol–water partition coefficient (Wildman–Crippen LogP) is 4.12. The third-order valence-electron chi connectivity index (χ3n) is 5.84. The van der Waals surface area contributed by atoms with E-state index in [4.69, 9.17) is 9.15 Å². The maximum Gasteiger partial charge on any atom is 0.410 e. The number of hydrogen-bond acceptors (Lipinski definition) is 5. The first-order chi connectivity index (χ1) is 14.8. The lowest BCUT2D eigenvalue weighted by molar-refractivity contribution is 0.0200. The second-order valence-electron chi connectivity index (χ2n) is 9.50. The number of likely N-dealkylation sites (tertiary alicyclic amines) is 2. The summed E-state index contributed by atoms with van der Waals surface area (Å²) in [5, 5.41) is 3.15. The van der Waals surface area contributed by atoms with E-state index in [9.17, 15) is 9.59 Å². The molecule has 168 valence electrons. The molecule has 2 saturated heterocycles. The van der Waals surface area contributed by atoms with Gasteiger partial charge in [-0.25, -0.2) is 14.6 Å². The lowest BCUT2D eigenvalue weighted by Gasteiger charge is -2.36. The van der Waals surface area contributed by atoms with Gasteiger partial charge in [-0.1, -0.05) is 12.1 Å². The molecule has 1 aromatic carbocycles. The molecule has 2 aliphatic rings. The number of ether oxygens (including phenoxy) is 1. The van der Waals surface area contributed by atoms with E-state index in [0.29, 0.717) is 25.5 Å². The van der Waals surface area contributed by atoms with Gasteiger partial charge in [-0.3, -0.25) is 0 Å². The third kappa shape index (κ3) is 5.29. The standard InChI is InChI=1S/C23H32N4O4/c1-23(2,3)31-22(29)26-13-10-17(11-14-26)24-21(28)27-12-6-7-16(15-27)20-25-18-8-4-5-9-19(18)30-20/h4-5,8-9,16-17H,6-7,10-15H2,1-3H3,(H,24,28). The molecule has 8 heteroatoms. The minimum Gasteiger partial charge on any atom is -0.444 e. The van der Waals surface area contributed by atoms with Crippen molar-refractivity contribution in [2.45, 2.75) is 64.0 Å². The van der Waals surface area contributed by atoms with Gasteiger partial charge in [0.25, 0.3) is 0 Å². The Bertz CT molecular complexity index is 894. The molecule has 0 spiro atoms. The third-order valence-corrected chi connectivity index (χ3v) is 5.84. The molecule has 0 radical (unpaired) electrons. The number of piperidine rings is 2. The number of hydrogen-bond donors (Lipinski definition) is 1. The van der Waals surface area contributed by atoms with E-state index < -0.39 is 5.60 Å². The van der Waals surface area contributed by atoms with Crippen molar-refractivity contribution in [3.8, 4) is 0 Å². The smallest absolute Gasteiger partial charge is 0.410 e. The maximum atomic E-state index is 12.9. The first-order valence-corrected chi connectivity index (χ1v) is 11.2. The summed E-state index contributed by atoms with van der Waals surface area (Å²) in [5.74, 6) is 0.824. The molecule has 0 saturated carbocycles. The molecular formula is C23H32N4O4. The van der Waals surface area contributed by atoms with Crippen molar-refractivity contribution in [3.63, 3.8) is 0 Å². The molecule has 2 aromatic rings. The normalized spacial score (nSPS) is 20.7. The van der Waals surface area contributed by atoms with Crippen LogP contribution in [0.3, 0.4) is 0 Å². The fourth-order valence-corrected chi connectivity index (χ4v) is 4.23. The van der Waals surface area contributed by atoms with Crippen molar-refractivity contribution in [3.05, 3.63) is 30.2 Å². The van der Waals surface area contributed by atoms with Crippen molar-refractivity contribution in [2.24, 2.45) is 0 Å². The molecule has 0 bridgehead atoms. The topological polar surface area (TPSA) is 87.9 Å². The molecule has 1 N–H and O–H groups in total. The first-order valence-electron chi connectivity index (χ1n) is 11.2. The lowest BCUT2D eigenvalue weighted by atomic mass is 9.98. The number of para-hydroxylation sites is 2. The summed E-state index contributed by atoms with van der Waals surface area (Å²) in [6.45, 7) is 8.12. The van der Waals surface area contributed by atoms with Crippen LogP contribution in [0.2, 0.25) is 0 Å². The molecule has 1 aromatic heterocycles. The molecule has 2 fully saturated rings. The van der Waals surface area contributed by atoms with E-state index >= 15 is 0 Å². The Labute approximate surface area is 182 Å². The number of nitrogens with one attached hydrogen (secondary N) is 1. The van der Waals surface area contributed by atoms with E-state index in [-0.39, 0.29) is 24.1 Å². The second-order valence-corrected chi connectivity index (χ2v) is 9.50. The summed E-state index contributed by atoms with van der Waals surface area (Å²) in [6.07, 6.45) is 3.06.